The quantitative estimate of drug-likeness (QED) is 0.136. The highest BCUT2D eigenvalue weighted by atomic mass is 32.2. The fourth-order valence-corrected chi connectivity index (χ4v) is 11.1. The maximum Gasteiger partial charge on any atom is 0.307 e. The summed E-state index contributed by atoms with van der Waals surface area (Å²) in [5.74, 6) is -6.38. The van der Waals surface area contributed by atoms with Gasteiger partial charge in [-0.05, 0) is 61.8 Å². The van der Waals surface area contributed by atoms with Gasteiger partial charge in [0.25, 0.3) is 0 Å². The number of hydrogen-bond donors (Lipinski definition) is 2. The van der Waals surface area contributed by atoms with Gasteiger partial charge >= 0.3 is 5.97 Å². The zero-order valence-corrected chi connectivity index (χ0v) is 41.7. The Morgan fingerprint density at radius 3 is 2.21 bits per heavy atom. The maximum absolute atomic E-state index is 14.6. The number of carbonyl (C=O) groups is 7. The largest absolute Gasteiger partial charge is 0.481 e. The molecule has 17 nitrogen and oxygen atoms in total. The Morgan fingerprint density at radius 2 is 1.63 bits per heavy atom. The second-order valence-electron chi connectivity index (χ2n) is 19.2. The minimum absolute atomic E-state index is 0.0423. The summed E-state index contributed by atoms with van der Waals surface area (Å²) in [6.45, 7) is 13.0. The number of fused-ring (bicyclic) bond motifs is 2. The lowest BCUT2D eigenvalue weighted by atomic mass is 9.85. The van der Waals surface area contributed by atoms with Crippen molar-refractivity contribution in [2.75, 3.05) is 47.2 Å². The molecule has 1 aliphatic carbocycles. The van der Waals surface area contributed by atoms with Gasteiger partial charge in [0.2, 0.25) is 29.5 Å². The lowest BCUT2D eigenvalue weighted by molar-refractivity contribution is -0.149. The van der Waals surface area contributed by atoms with Crippen LogP contribution in [0.2, 0.25) is 0 Å². The summed E-state index contributed by atoms with van der Waals surface area (Å²) in [5, 5.41) is 13.7. The Hall–Kier alpha value is -4.68. The lowest BCUT2D eigenvalue weighted by Crippen LogP contribution is -2.60. The van der Waals surface area contributed by atoms with Crippen molar-refractivity contribution in [3.63, 3.8) is 0 Å². The van der Waals surface area contributed by atoms with Crippen LogP contribution in [-0.4, -0.2) is 164 Å². The number of likely N-dealkylation sites (tertiary alicyclic amines) is 2. The molecule has 0 radical (unpaired) electrons. The van der Waals surface area contributed by atoms with Crippen molar-refractivity contribution in [3.8, 4) is 0 Å². The van der Waals surface area contributed by atoms with Gasteiger partial charge in [-0.1, -0.05) is 78.0 Å². The topological polar surface area (TPSA) is 217 Å². The SMILES string of the molecule is C=CS(=O)(=O)CC(=O)N(C)CCC(=O)N1[C@H]2CC[C@@H](C2)[C@H]1C(=O)N[C@H](C(=O)N(C)[C@@H]([C@@H](C)CC)[C@@H](CC(=O)N1CCC[C@H]1[C@H](OC)[C@@H](C)C(=O)C[C@@H](Cc1ccccc1)C(=O)O)OC)C(C)C. The van der Waals surface area contributed by atoms with E-state index in [0.29, 0.717) is 32.2 Å². The van der Waals surface area contributed by atoms with Gasteiger partial charge < -0.3 is 39.5 Å². The zero-order chi connectivity index (χ0) is 49.9. The number of ether oxygens (including phenoxy) is 2. The zero-order valence-electron chi connectivity index (χ0n) is 40.9. The molecule has 5 amide bonds. The van der Waals surface area contributed by atoms with Crippen LogP contribution in [0.4, 0.5) is 0 Å². The number of benzene rings is 1. The molecule has 3 fully saturated rings. The fourth-order valence-electron chi connectivity index (χ4n) is 10.4. The number of carbonyl (C=O) groups excluding carboxylic acids is 6. The first-order valence-electron chi connectivity index (χ1n) is 23.7. The van der Waals surface area contributed by atoms with Crippen molar-refractivity contribution >= 4 is 51.1 Å². The molecule has 1 saturated carbocycles. The number of piperidine rings is 1. The molecule has 1 aromatic rings. The Bertz CT molecular complexity index is 2030. The molecule has 0 spiro atoms. The highest BCUT2D eigenvalue weighted by Crippen LogP contribution is 2.43. The normalized spacial score (nSPS) is 22.3. The van der Waals surface area contributed by atoms with Gasteiger partial charge in [-0.15, -0.1) is 0 Å². The molecular formula is C49H75N5O12S. The van der Waals surface area contributed by atoms with Crippen LogP contribution in [0, 0.1) is 29.6 Å². The number of amides is 5. The molecule has 3 aliphatic rings. The van der Waals surface area contributed by atoms with E-state index in [1.165, 1.54) is 26.2 Å². The first-order valence-corrected chi connectivity index (χ1v) is 25.4. The van der Waals surface area contributed by atoms with Crippen molar-refractivity contribution < 1.29 is 56.6 Å². The number of hydrogen-bond acceptors (Lipinski definition) is 11. The van der Waals surface area contributed by atoms with Crippen LogP contribution >= 0.6 is 0 Å². The fraction of sp³-hybridized carbons (Fsp3) is 0.694. The molecule has 2 aliphatic heterocycles. The van der Waals surface area contributed by atoms with Gasteiger partial charge in [0.1, 0.15) is 23.6 Å². The monoisotopic (exact) mass is 958 g/mol. The van der Waals surface area contributed by atoms with Crippen LogP contribution in [0.25, 0.3) is 0 Å². The summed E-state index contributed by atoms with van der Waals surface area (Å²) >= 11 is 0. The molecule has 2 bridgehead atoms. The Balaban J connectivity index is 1.46. The third-order valence-electron chi connectivity index (χ3n) is 14.5. The predicted octanol–water partition coefficient (Wildman–Crippen LogP) is 3.74. The summed E-state index contributed by atoms with van der Waals surface area (Å²) in [5.41, 5.74) is 0.819. The van der Waals surface area contributed by atoms with Crippen molar-refractivity contribution in [3.05, 3.63) is 47.9 Å². The first kappa shape index (κ1) is 54.9. The Morgan fingerprint density at radius 1 is 0.955 bits per heavy atom. The minimum Gasteiger partial charge on any atom is -0.481 e. The highest BCUT2D eigenvalue weighted by molar-refractivity contribution is 7.94. The van der Waals surface area contributed by atoms with Crippen LogP contribution in [0.5, 0.6) is 0 Å². The van der Waals surface area contributed by atoms with E-state index >= 15 is 0 Å². The average Bonchev–Trinajstić information content (AvgIpc) is 4.07. The Labute approximate surface area is 397 Å². The van der Waals surface area contributed by atoms with Gasteiger partial charge in [-0.3, -0.25) is 33.6 Å². The van der Waals surface area contributed by atoms with Gasteiger partial charge in [0, 0.05) is 71.6 Å². The van der Waals surface area contributed by atoms with Crippen molar-refractivity contribution in [2.24, 2.45) is 29.6 Å². The molecule has 67 heavy (non-hydrogen) atoms. The summed E-state index contributed by atoms with van der Waals surface area (Å²) in [6, 6.07) is 6.14. The molecule has 11 atom stereocenters. The van der Waals surface area contributed by atoms with Gasteiger partial charge in [0.15, 0.2) is 9.84 Å². The Kier molecular flexibility index (Phi) is 20.1. The van der Waals surface area contributed by atoms with Crippen LogP contribution in [0.1, 0.15) is 98.0 Å². The number of rotatable bonds is 26. The maximum atomic E-state index is 14.6. The second kappa shape index (κ2) is 24.6. The van der Waals surface area contributed by atoms with E-state index in [4.69, 9.17) is 9.47 Å². The molecule has 2 saturated heterocycles. The van der Waals surface area contributed by atoms with E-state index in [0.717, 1.165) is 23.8 Å². The van der Waals surface area contributed by atoms with Gasteiger partial charge in [-0.25, -0.2) is 8.42 Å². The second-order valence-corrected chi connectivity index (χ2v) is 21.2. The molecule has 2 N–H and O–H groups in total. The van der Waals surface area contributed by atoms with Gasteiger partial charge in [-0.2, -0.15) is 0 Å². The number of sulfone groups is 1. The molecule has 2 heterocycles. The standard InChI is InChI=1S/C49H75N5O12S/c1-11-31(5)44(39(65-9)28-41(57)53-23-16-19-37(53)46(66-10)32(6)38(55)27-35(49(61)62)25-33-17-14-13-15-18-33)52(8)48(60)43(30(3)4)50-47(59)45-34-20-21-36(26-34)54(45)40(56)22-24-51(7)42(58)29-67(63,64)12-2/h12-15,17-18,30-32,34-37,39,43-46H,2,11,16,19-29H2,1,3-10H3,(H,50,59)(H,61,62)/t31-,32-,34-,35+,36-,37-,39+,43-,44-,45-,46+/m0/s1. The number of carboxylic acids is 1. The van der Waals surface area contributed by atoms with E-state index < -0.39 is 81.6 Å². The third kappa shape index (κ3) is 13.7. The number of likely N-dealkylation sites (N-methyl/N-ethyl adjacent to an activating group) is 1. The third-order valence-corrected chi connectivity index (χ3v) is 15.7. The lowest BCUT2D eigenvalue weighted by Gasteiger charge is -2.41. The summed E-state index contributed by atoms with van der Waals surface area (Å²) in [4.78, 5) is 102. The molecule has 0 unspecified atom stereocenters. The van der Waals surface area contributed by atoms with Crippen molar-refractivity contribution in [1.82, 2.24) is 24.9 Å². The number of carboxylic acid groups (broad SMARTS) is 1. The van der Waals surface area contributed by atoms with Crippen LogP contribution in [-0.2, 0) is 59.3 Å². The predicted molar refractivity (Wildman–Crippen MR) is 252 cm³/mol. The molecule has 1 aromatic carbocycles. The number of ketones is 1. The van der Waals surface area contributed by atoms with Crippen molar-refractivity contribution in [1.29, 1.82) is 0 Å². The highest BCUT2D eigenvalue weighted by Gasteiger charge is 2.52. The van der Waals surface area contributed by atoms with E-state index in [2.05, 4.69) is 11.9 Å². The minimum atomic E-state index is -3.78. The van der Waals surface area contributed by atoms with Gasteiger partial charge in [0.05, 0.1) is 36.6 Å². The number of nitrogens with zero attached hydrogens (tertiary/aromatic N) is 4. The van der Waals surface area contributed by atoms with E-state index in [1.807, 2.05) is 58.0 Å². The van der Waals surface area contributed by atoms with E-state index in [9.17, 15) is 47.1 Å². The first-order chi connectivity index (χ1) is 31.6. The molecule has 374 valence electrons. The van der Waals surface area contributed by atoms with Crippen LogP contribution < -0.4 is 5.32 Å². The smallest absolute Gasteiger partial charge is 0.307 e. The number of nitrogens with one attached hydrogen (secondary N) is 1. The van der Waals surface area contributed by atoms with E-state index in [1.54, 1.807) is 28.7 Å². The summed E-state index contributed by atoms with van der Waals surface area (Å²) < 4.78 is 35.8. The van der Waals surface area contributed by atoms with Crippen LogP contribution in [0.15, 0.2) is 42.3 Å². The molecule has 0 aromatic heterocycles. The van der Waals surface area contributed by atoms with Crippen molar-refractivity contribution in [2.45, 2.75) is 141 Å². The number of Topliss-reactive ketones (excluding diaryl/α,β-unsaturated/α-hetero) is 1. The molecular weight excluding hydrogens is 883 g/mol. The van der Waals surface area contributed by atoms with Crippen LogP contribution in [0.3, 0.4) is 0 Å². The molecule has 18 heteroatoms. The molecule has 4 rings (SSSR count). The number of methoxy groups -OCH3 is 2. The summed E-state index contributed by atoms with van der Waals surface area (Å²) in [7, 11) is 2.28. The number of aliphatic carboxylic acids is 1. The van der Waals surface area contributed by atoms with E-state index in [-0.39, 0.29) is 79.5 Å². The average molecular weight is 958 g/mol. The summed E-state index contributed by atoms with van der Waals surface area (Å²) in [6.07, 6.45) is 2.38.